The van der Waals surface area contributed by atoms with Gasteiger partial charge in [0.15, 0.2) is 0 Å². The normalized spacial score (nSPS) is 39.0. The molecule has 6 heteroatoms. The Morgan fingerprint density at radius 3 is 1.43 bits per heavy atom. The van der Waals surface area contributed by atoms with Gasteiger partial charge in [-0.15, -0.1) is 0 Å². The molecule has 5 fully saturated rings. The third kappa shape index (κ3) is 4.01. The van der Waals surface area contributed by atoms with E-state index in [-0.39, 0.29) is 0 Å². The average Bonchev–Trinajstić information content (AvgIpc) is 2.99. The fraction of sp³-hybridized carbons (Fsp3) is 1.00. The number of hydrogen-bond acceptors (Lipinski definition) is 6. The molecule has 160 valence electrons. The highest BCUT2D eigenvalue weighted by atomic mass is 15.7. The Morgan fingerprint density at radius 1 is 0.464 bits per heavy atom. The van der Waals surface area contributed by atoms with Crippen molar-refractivity contribution in [2.45, 2.75) is 62.7 Å². The number of rotatable bonds is 3. The van der Waals surface area contributed by atoms with Gasteiger partial charge >= 0.3 is 0 Å². The van der Waals surface area contributed by atoms with E-state index in [1.165, 1.54) is 104 Å². The molecule has 0 aliphatic carbocycles. The molecule has 0 spiro atoms. The first-order valence-electron chi connectivity index (χ1n) is 12.1. The molecule has 6 nitrogen and oxygen atoms in total. The van der Waals surface area contributed by atoms with Crippen LogP contribution in [0.5, 0.6) is 0 Å². The molecule has 5 heterocycles. The standard InChI is InChI=1S/C22H42N6/c1-23-9-13-25(14-10-23)19-5-7-27(8-6-19)28-20-3-4-21(28)18-22(17-20)26-15-11-24(2)12-16-26/h19-22H,3-18H2,1-2H3. The van der Waals surface area contributed by atoms with Crippen LogP contribution in [0.1, 0.15) is 38.5 Å². The molecule has 0 saturated carbocycles. The van der Waals surface area contributed by atoms with E-state index in [0.29, 0.717) is 0 Å². The Labute approximate surface area is 172 Å². The van der Waals surface area contributed by atoms with Crippen LogP contribution in [0.3, 0.4) is 0 Å². The first-order chi connectivity index (χ1) is 13.7. The van der Waals surface area contributed by atoms with Gasteiger partial charge in [0, 0.05) is 89.6 Å². The van der Waals surface area contributed by atoms with Crippen LogP contribution in [0.4, 0.5) is 0 Å². The smallest absolute Gasteiger partial charge is 0.0264 e. The number of piperidine rings is 2. The lowest BCUT2D eigenvalue weighted by molar-refractivity contribution is -0.121. The van der Waals surface area contributed by atoms with E-state index < -0.39 is 0 Å². The summed E-state index contributed by atoms with van der Waals surface area (Å²) in [5.41, 5.74) is 0. The molecule has 0 N–H and O–H groups in total. The first kappa shape index (κ1) is 19.7. The van der Waals surface area contributed by atoms with Gasteiger partial charge < -0.3 is 9.80 Å². The monoisotopic (exact) mass is 390 g/mol. The second kappa shape index (κ2) is 8.48. The third-order valence-electron chi connectivity index (χ3n) is 8.55. The average molecular weight is 391 g/mol. The van der Waals surface area contributed by atoms with Crippen LogP contribution in [-0.4, -0.2) is 133 Å². The Bertz CT molecular complexity index is 491. The number of hydrogen-bond donors (Lipinski definition) is 0. The van der Waals surface area contributed by atoms with Crippen LogP contribution < -0.4 is 0 Å². The molecule has 2 bridgehead atoms. The van der Waals surface area contributed by atoms with E-state index in [9.17, 15) is 0 Å². The molecule has 5 aliphatic heterocycles. The van der Waals surface area contributed by atoms with Crippen LogP contribution in [0.25, 0.3) is 0 Å². The summed E-state index contributed by atoms with van der Waals surface area (Å²) in [6.45, 7) is 12.8. The van der Waals surface area contributed by atoms with Gasteiger partial charge in [0.05, 0.1) is 0 Å². The molecule has 0 aromatic carbocycles. The zero-order valence-electron chi connectivity index (χ0n) is 18.3. The predicted molar refractivity (Wildman–Crippen MR) is 114 cm³/mol. The van der Waals surface area contributed by atoms with E-state index >= 15 is 0 Å². The summed E-state index contributed by atoms with van der Waals surface area (Å²) < 4.78 is 0. The van der Waals surface area contributed by atoms with Crippen molar-refractivity contribution in [1.29, 1.82) is 0 Å². The molecular weight excluding hydrogens is 348 g/mol. The molecule has 2 atom stereocenters. The number of likely N-dealkylation sites (N-methyl/N-ethyl adjacent to an activating group) is 2. The zero-order valence-corrected chi connectivity index (χ0v) is 18.3. The Morgan fingerprint density at radius 2 is 0.929 bits per heavy atom. The lowest BCUT2D eigenvalue weighted by Crippen LogP contribution is -2.61. The summed E-state index contributed by atoms with van der Waals surface area (Å²) in [6.07, 6.45) is 8.46. The lowest BCUT2D eigenvalue weighted by Gasteiger charge is -2.51. The minimum absolute atomic E-state index is 0.823. The molecule has 5 rings (SSSR count). The minimum Gasteiger partial charge on any atom is -0.304 e. The summed E-state index contributed by atoms with van der Waals surface area (Å²) in [4.78, 5) is 10.6. The molecule has 28 heavy (non-hydrogen) atoms. The van der Waals surface area contributed by atoms with Crippen LogP contribution in [0.2, 0.25) is 0 Å². The maximum atomic E-state index is 2.88. The first-order valence-corrected chi connectivity index (χ1v) is 12.1. The second-order valence-electron chi connectivity index (χ2n) is 10.3. The van der Waals surface area contributed by atoms with Gasteiger partial charge in [0.2, 0.25) is 0 Å². The van der Waals surface area contributed by atoms with Crippen LogP contribution >= 0.6 is 0 Å². The van der Waals surface area contributed by atoms with Gasteiger partial charge in [0.1, 0.15) is 0 Å². The fourth-order valence-electron chi connectivity index (χ4n) is 6.71. The summed E-state index contributed by atoms with van der Waals surface area (Å²) in [5.74, 6) is 0. The lowest BCUT2D eigenvalue weighted by atomic mass is 9.96. The molecule has 0 radical (unpaired) electrons. The van der Waals surface area contributed by atoms with Crippen LogP contribution in [0.15, 0.2) is 0 Å². The molecule has 0 aromatic heterocycles. The largest absolute Gasteiger partial charge is 0.304 e. The Kier molecular flexibility index (Phi) is 5.97. The van der Waals surface area contributed by atoms with E-state index in [2.05, 4.69) is 43.7 Å². The van der Waals surface area contributed by atoms with Gasteiger partial charge in [-0.1, -0.05) is 0 Å². The van der Waals surface area contributed by atoms with Gasteiger partial charge in [-0.05, 0) is 52.6 Å². The highest BCUT2D eigenvalue weighted by Crippen LogP contribution is 2.39. The van der Waals surface area contributed by atoms with Crippen molar-refractivity contribution in [2.24, 2.45) is 0 Å². The minimum atomic E-state index is 0.823. The van der Waals surface area contributed by atoms with Crippen molar-refractivity contribution < 1.29 is 0 Å². The molecular formula is C22H42N6. The molecule has 0 amide bonds. The number of piperazine rings is 2. The highest BCUT2D eigenvalue weighted by molar-refractivity contribution is 4.99. The van der Waals surface area contributed by atoms with E-state index in [1.54, 1.807) is 0 Å². The van der Waals surface area contributed by atoms with E-state index in [0.717, 1.165) is 24.2 Å². The quantitative estimate of drug-likeness (QED) is 0.707. The summed E-state index contributed by atoms with van der Waals surface area (Å²) in [7, 11) is 4.54. The summed E-state index contributed by atoms with van der Waals surface area (Å²) in [6, 6.07) is 3.34. The Balaban J connectivity index is 1.13. The zero-order chi connectivity index (χ0) is 19.1. The Hall–Kier alpha value is -0.240. The van der Waals surface area contributed by atoms with Gasteiger partial charge in [-0.2, -0.15) is 0 Å². The van der Waals surface area contributed by atoms with Gasteiger partial charge in [-0.25, -0.2) is 10.0 Å². The van der Waals surface area contributed by atoms with Gasteiger partial charge in [-0.3, -0.25) is 9.80 Å². The topological polar surface area (TPSA) is 19.4 Å². The molecule has 2 unspecified atom stereocenters. The summed E-state index contributed by atoms with van der Waals surface area (Å²) >= 11 is 0. The van der Waals surface area contributed by atoms with Crippen molar-refractivity contribution in [3.63, 3.8) is 0 Å². The second-order valence-corrected chi connectivity index (χ2v) is 10.3. The van der Waals surface area contributed by atoms with Gasteiger partial charge in [0.25, 0.3) is 0 Å². The predicted octanol–water partition coefficient (Wildman–Crippen LogP) is 0.856. The van der Waals surface area contributed by atoms with E-state index in [1.807, 2.05) is 0 Å². The summed E-state index contributed by atoms with van der Waals surface area (Å²) in [5, 5.41) is 5.67. The SMILES string of the molecule is CN1CCN(C2CCN(N3C4CCC3CC(N3CCN(C)CC3)C4)CC2)CC1. The molecule has 5 aliphatic rings. The molecule has 0 aromatic rings. The highest BCUT2D eigenvalue weighted by Gasteiger charge is 2.45. The maximum Gasteiger partial charge on any atom is 0.0264 e. The van der Waals surface area contributed by atoms with Crippen LogP contribution in [0, 0.1) is 0 Å². The number of nitrogens with zero attached hydrogens (tertiary/aromatic N) is 6. The maximum absolute atomic E-state index is 2.88. The third-order valence-corrected chi connectivity index (χ3v) is 8.55. The number of hydrazine groups is 1. The van der Waals surface area contributed by atoms with E-state index in [4.69, 9.17) is 0 Å². The van der Waals surface area contributed by atoms with Crippen molar-refractivity contribution in [1.82, 2.24) is 29.6 Å². The van der Waals surface area contributed by atoms with Crippen molar-refractivity contribution in [3.05, 3.63) is 0 Å². The van der Waals surface area contributed by atoms with Crippen molar-refractivity contribution >= 4 is 0 Å². The number of fused-ring (bicyclic) bond motifs is 2. The van der Waals surface area contributed by atoms with Crippen LogP contribution in [-0.2, 0) is 0 Å². The van der Waals surface area contributed by atoms with Crippen molar-refractivity contribution in [3.8, 4) is 0 Å². The molecule has 5 saturated heterocycles. The van der Waals surface area contributed by atoms with Crippen molar-refractivity contribution in [2.75, 3.05) is 79.5 Å². The fourth-order valence-corrected chi connectivity index (χ4v) is 6.71.